The summed E-state index contributed by atoms with van der Waals surface area (Å²) in [5.74, 6) is -0.291. The van der Waals surface area contributed by atoms with Crippen LogP contribution in [0.2, 0.25) is 0 Å². The molecule has 11 heavy (non-hydrogen) atoms. The normalized spacial score (nSPS) is 12.6. The van der Waals surface area contributed by atoms with Crippen molar-refractivity contribution in [2.45, 2.75) is 13.0 Å². The minimum absolute atomic E-state index is 0.291. The zero-order chi connectivity index (χ0) is 8.69. The summed E-state index contributed by atoms with van der Waals surface area (Å²) in [5, 5.41) is 2.79. The molecule has 0 aromatic carbocycles. The summed E-state index contributed by atoms with van der Waals surface area (Å²) < 4.78 is 9.57. The van der Waals surface area contributed by atoms with Gasteiger partial charge in [-0.05, 0) is 14.0 Å². The number of likely N-dealkylation sites (N-methyl/N-ethyl adjacent to an activating group) is 1. The molecule has 0 amide bonds. The second kappa shape index (κ2) is 6.12. The standard InChI is InChI=1S/C7H15NO3/c1-4-11-5-6(8-2)7(9)10-3/h6,8H,4-5H2,1-3H3. The fourth-order valence-corrected chi connectivity index (χ4v) is 0.647. The third kappa shape index (κ3) is 3.95. The average Bonchev–Trinajstić information content (AvgIpc) is 2.05. The molecule has 0 aromatic heterocycles. The molecule has 0 rings (SSSR count). The van der Waals surface area contributed by atoms with Crippen molar-refractivity contribution in [3.05, 3.63) is 0 Å². The molecule has 0 aliphatic carbocycles. The maximum absolute atomic E-state index is 10.9. The molecule has 4 heteroatoms. The van der Waals surface area contributed by atoms with Crippen LogP contribution in [0.25, 0.3) is 0 Å². The first-order valence-electron chi connectivity index (χ1n) is 3.59. The van der Waals surface area contributed by atoms with Crippen molar-refractivity contribution in [2.24, 2.45) is 0 Å². The van der Waals surface area contributed by atoms with Crippen molar-refractivity contribution in [3.8, 4) is 0 Å². The van der Waals surface area contributed by atoms with Crippen molar-refractivity contribution in [1.82, 2.24) is 5.32 Å². The van der Waals surface area contributed by atoms with E-state index in [9.17, 15) is 4.79 Å². The maximum atomic E-state index is 10.9. The van der Waals surface area contributed by atoms with Crippen LogP contribution in [-0.2, 0) is 14.3 Å². The molecule has 0 aromatic rings. The average molecular weight is 161 g/mol. The second-order valence-electron chi connectivity index (χ2n) is 2.02. The van der Waals surface area contributed by atoms with Crippen molar-refractivity contribution < 1.29 is 14.3 Å². The molecule has 0 aliphatic heterocycles. The quantitative estimate of drug-likeness (QED) is 0.566. The molecule has 4 nitrogen and oxygen atoms in total. The van der Waals surface area contributed by atoms with Crippen LogP contribution in [0.4, 0.5) is 0 Å². The first-order valence-corrected chi connectivity index (χ1v) is 3.59. The van der Waals surface area contributed by atoms with Gasteiger partial charge in [-0.2, -0.15) is 0 Å². The zero-order valence-electron chi connectivity index (χ0n) is 7.22. The SMILES string of the molecule is CCOCC(NC)C(=O)OC. The largest absolute Gasteiger partial charge is 0.468 e. The van der Waals surface area contributed by atoms with Crippen LogP contribution in [0.15, 0.2) is 0 Å². The van der Waals surface area contributed by atoms with Gasteiger partial charge in [0.05, 0.1) is 13.7 Å². The molecular formula is C7H15NO3. The van der Waals surface area contributed by atoms with Gasteiger partial charge in [0.25, 0.3) is 0 Å². The van der Waals surface area contributed by atoms with Crippen LogP contribution in [0.5, 0.6) is 0 Å². The molecule has 0 heterocycles. The third-order valence-corrected chi connectivity index (χ3v) is 1.32. The van der Waals surface area contributed by atoms with E-state index in [1.807, 2.05) is 6.92 Å². The Morgan fingerprint density at radius 3 is 2.64 bits per heavy atom. The van der Waals surface area contributed by atoms with E-state index in [1.165, 1.54) is 7.11 Å². The zero-order valence-corrected chi connectivity index (χ0v) is 7.22. The molecule has 1 atom stereocenters. The van der Waals surface area contributed by atoms with Crippen molar-refractivity contribution in [1.29, 1.82) is 0 Å². The summed E-state index contributed by atoms with van der Waals surface area (Å²) in [6.45, 7) is 2.85. The number of carbonyl (C=O) groups excluding carboxylic acids is 1. The molecular weight excluding hydrogens is 146 g/mol. The van der Waals surface area contributed by atoms with Crippen LogP contribution in [0, 0.1) is 0 Å². The number of rotatable bonds is 5. The molecule has 1 N–H and O–H groups in total. The number of hydrogen-bond donors (Lipinski definition) is 1. The summed E-state index contributed by atoms with van der Waals surface area (Å²) >= 11 is 0. The van der Waals surface area contributed by atoms with Crippen LogP contribution in [-0.4, -0.2) is 39.4 Å². The Morgan fingerprint density at radius 1 is 1.64 bits per heavy atom. The van der Waals surface area contributed by atoms with Crippen molar-refractivity contribution in [2.75, 3.05) is 27.4 Å². The van der Waals surface area contributed by atoms with Gasteiger partial charge in [0.2, 0.25) is 0 Å². The van der Waals surface area contributed by atoms with E-state index in [0.717, 1.165) is 0 Å². The van der Waals surface area contributed by atoms with E-state index < -0.39 is 0 Å². The van der Waals surface area contributed by atoms with E-state index in [1.54, 1.807) is 7.05 Å². The van der Waals surface area contributed by atoms with Gasteiger partial charge in [-0.15, -0.1) is 0 Å². The van der Waals surface area contributed by atoms with Crippen LogP contribution in [0.1, 0.15) is 6.92 Å². The van der Waals surface area contributed by atoms with Gasteiger partial charge < -0.3 is 14.8 Å². The predicted octanol–water partition coefficient (Wildman–Crippen LogP) is -0.216. The molecule has 66 valence electrons. The maximum Gasteiger partial charge on any atom is 0.325 e. The smallest absolute Gasteiger partial charge is 0.325 e. The molecule has 0 aliphatic rings. The minimum atomic E-state index is -0.347. The minimum Gasteiger partial charge on any atom is -0.468 e. The summed E-state index contributed by atoms with van der Waals surface area (Å²) in [4.78, 5) is 10.9. The van der Waals surface area contributed by atoms with Crippen molar-refractivity contribution >= 4 is 5.97 Å². The lowest BCUT2D eigenvalue weighted by Crippen LogP contribution is -2.39. The molecule has 1 unspecified atom stereocenters. The monoisotopic (exact) mass is 161 g/mol. The van der Waals surface area contributed by atoms with Crippen LogP contribution >= 0.6 is 0 Å². The molecule has 0 fully saturated rings. The molecule has 0 saturated heterocycles. The first kappa shape index (κ1) is 10.4. The van der Waals surface area contributed by atoms with Gasteiger partial charge in [0.15, 0.2) is 0 Å². The van der Waals surface area contributed by atoms with Gasteiger partial charge in [0, 0.05) is 6.61 Å². The Balaban J connectivity index is 3.65. The fourth-order valence-electron chi connectivity index (χ4n) is 0.647. The topological polar surface area (TPSA) is 47.6 Å². The van der Waals surface area contributed by atoms with E-state index in [0.29, 0.717) is 13.2 Å². The van der Waals surface area contributed by atoms with E-state index in [-0.39, 0.29) is 12.0 Å². The lowest BCUT2D eigenvalue weighted by atomic mass is 10.3. The van der Waals surface area contributed by atoms with Crippen LogP contribution < -0.4 is 5.32 Å². The Hall–Kier alpha value is -0.610. The highest BCUT2D eigenvalue weighted by Crippen LogP contribution is 1.88. The highest BCUT2D eigenvalue weighted by molar-refractivity contribution is 5.75. The van der Waals surface area contributed by atoms with E-state index >= 15 is 0 Å². The highest BCUT2D eigenvalue weighted by Gasteiger charge is 2.15. The number of esters is 1. The van der Waals surface area contributed by atoms with Crippen molar-refractivity contribution in [3.63, 3.8) is 0 Å². The molecule has 0 bridgehead atoms. The lowest BCUT2D eigenvalue weighted by Gasteiger charge is -2.12. The number of methoxy groups -OCH3 is 1. The summed E-state index contributed by atoms with van der Waals surface area (Å²) in [5.41, 5.74) is 0. The van der Waals surface area contributed by atoms with Gasteiger partial charge in [-0.25, -0.2) is 0 Å². The lowest BCUT2D eigenvalue weighted by molar-refractivity contribution is -0.144. The van der Waals surface area contributed by atoms with Gasteiger partial charge in [0.1, 0.15) is 6.04 Å². The number of ether oxygens (including phenoxy) is 2. The Labute approximate surface area is 66.9 Å². The van der Waals surface area contributed by atoms with Crippen LogP contribution in [0.3, 0.4) is 0 Å². The van der Waals surface area contributed by atoms with Gasteiger partial charge in [-0.1, -0.05) is 0 Å². The molecule has 0 saturated carbocycles. The molecule has 0 radical (unpaired) electrons. The number of hydrogen-bond acceptors (Lipinski definition) is 4. The fraction of sp³-hybridized carbons (Fsp3) is 0.857. The van der Waals surface area contributed by atoms with E-state index in [2.05, 4.69) is 10.1 Å². The van der Waals surface area contributed by atoms with Gasteiger partial charge >= 0.3 is 5.97 Å². The highest BCUT2D eigenvalue weighted by atomic mass is 16.5. The number of carbonyl (C=O) groups is 1. The van der Waals surface area contributed by atoms with E-state index in [4.69, 9.17) is 4.74 Å². The second-order valence-corrected chi connectivity index (χ2v) is 2.02. The first-order chi connectivity index (χ1) is 5.26. The Bertz CT molecular complexity index is 116. The predicted molar refractivity (Wildman–Crippen MR) is 41.4 cm³/mol. The summed E-state index contributed by atoms with van der Waals surface area (Å²) in [6.07, 6.45) is 0. The third-order valence-electron chi connectivity index (χ3n) is 1.32. The van der Waals surface area contributed by atoms with Gasteiger partial charge in [-0.3, -0.25) is 4.79 Å². The number of nitrogens with one attached hydrogen (secondary N) is 1. The Morgan fingerprint density at radius 2 is 2.27 bits per heavy atom. The Kier molecular flexibility index (Phi) is 5.78. The summed E-state index contributed by atoms with van der Waals surface area (Å²) in [7, 11) is 3.05. The summed E-state index contributed by atoms with van der Waals surface area (Å²) in [6, 6.07) is -0.347. The molecule has 0 spiro atoms.